The fraction of sp³-hybridized carbons (Fsp3) is 0.231. The number of benzene rings is 1. The molecule has 2 aromatic rings. The van der Waals surface area contributed by atoms with Crippen LogP contribution in [0.15, 0.2) is 29.6 Å². The Kier molecular flexibility index (Phi) is 3.15. The third-order valence-corrected chi connectivity index (χ3v) is 3.11. The molecule has 2 rings (SSSR count). The molecule has 82 valence electrons. The maximum atomic E-state index is 11.0. The molecule has 0 spiro atoms. The Morgan fingerprint density at radius 2 is 2.25 bits per heavy atom. The summed E-state index contributed by atoms with van der Waals surface area (Å²) in [6.07, 6.45) is 0.441. The van der Waals surface area contributed by atoms with E-state index in [0.29, 0.717) is 6.42 Å². The van der Waals surface area contributed by atoms with Crippen molar-refractivity contribution in [2.45, 2.75) is 20.3 Å². The lowest BCUT2D eigenvalue weighted by molar-refractivity contribution is -0.116. The van der Waals surface area contributed by atoms with E-state index in [-0.39, 0.29) is 5.78 Å². The topological polar surface area (TPSA) is 30.0 Å². The van der Waals surface area contributed by atoms with Crippen molar-refractivity contribution in [3.8, 4) is 11.3 Å². The number of rotatable bonds is 3. The zero-order valence-corrected chi connectivity index (χ0v) is 10.2. The van der Waals surface area contributed by atoms with Gasteiger partial charge in [-0.25, -0.2) is 4.98 Å². The van der Waals surface area contributed by atoms with Crippen LogP contribution in [0.4, 0.5) is 0 Å². The standard InChI is InChI=1S/C13H13NOS/c1-9-4-3-5-11(6-9)12-8-16-13(14-12)7-10(2)15/h3-6,8H,7H2,1-2H3. The van der Waals surface area contributed by atoms with Crippen LogP contribution in [0.25, 0.3) is 11.3 Å². The second-order valence-electron chi connectivity index (χ2n) is 3.87. The Hall–Kier alpha value is -1.48. The predicted molar refractivity (Wildman–Crippen MR) is 66.7 cm³/mol. The highest BCUT2D eigenvalue weighted by Gasteiger charge is 2.06. The van der Waals surface area contributed by atoms with Gasteiger partial charge in [0.1, 0.15) is 10.8 Å². The Morgan fingerprint density at radius 1 is 1.44 bits per heavy atom. The number of nitrogens with zero attached hydrogens (tertiary/aromatic N) is 1. The number of carbonyl (C=O) groups excluding carboxylic acids is 1. The summed E-state index contributed by atoms with van der Waals surface area (Å²) in [5, 5.41) is 2.90. The van der Waals surface area contributed by atoms with Crippen molar-refractivity contribution in [2.75, 3.05) is 0 Å². The first-order valence-corrected chi connectivity index (χ1v) is 6.04. The van der Waals surface area contributed by atoms with Crippen LogP contribution in [-0.4, -0.2) is 10.8 Å². The van der Waals surface area contributed by atoms with Gasteiger partial charge in [0.15, 0.2) is 0 Å². The molecule has 3 heteroatoms. The Morgan fingerprint density at radius 3 is 2.94 bits per heavy atom. The number of hydrogen-bond acceptors (Lipinski definition) is 3. The van der Waals surface area contributed by atoms with Crippen LogP contribution in [0.3, 0.4) is 0 Å². The quantitative estimate of drug-likeness (QED) is 0.811. The molecule has 0 amide bonds. The first kappa shape index (κ1) is 11.0. The van der Waals surface area contributed by atoms with E-state index < -0.39 is 0 Å². The summed E-state index contributed by atoms with van der Waals surface area (Å²) in [7, 11) is 0. The summed E-state index contributed by atoms with van der Waals surface area (Å²) in [5.41, 5.74) is 3.30. The van der Waals surface area contributed by atoms with Gasteiger partial charge in [-0.15, -0.1) is 11.3 Å². The number of thiazole rings is 1. The third-order valence-electron chi connectivity index (χ3n) is 2.27. The summed E-state index contributed by atoms with van der Waals surface area (Å²) < 4.78 is 0. The zero-order valence-electron chi connectivity index (χ0n) is 9.36. The average molecular weight is 231 g/mol. The van der Waals surface area contributed by atoms with E-state index >= 15 is 0 Å². The zero-order chi connectivity index (χ0) is 11.5. The van der Waals surface area contributed by atoms with Crippen molar-refractivity contribution in [3.05, 3.63) is 40.2 Å². The SMILES string of the molecule is CC(=O)Cc1nc(-c2cccc(C)c2)cs1. The molecular formula is C13H13NOS. The van der Waals surface area contributed by atoms with Crippen LogP contribution >= 0.6 is 11.3 Å². The smallest absolute Gasteiger partial charge is 0.136 e. The highest BCUT2D eigenvalue weighted by Crippen LogP contribution is 2.22. The van der Waals surface area contributed by atoms with Crippen molar-refractivity contribution in [2.24, 2.45) is 0 Å². The fourth-order valence-corrected chi connectivity index (χ4v) is 2.42. The molecular weight excluding hydrogens is 218 g/mol. The Labute approximate surface area is 99.0 Å². The second-order valence-corrected chi connectivity index (χ2v) is 4.82. The largest absolute Gasteiger partial charge is 0.300 e. The van der Waals surface area contributed by atoms with Gasteiger partial charge < -0.3 is 0 Å². The van der Waals surface area contributed by atoms with Crippen molar-refractivity contribution >= 4 is 17.1 Å². The van der Waals surface area contributed by atoms with E-state index in [9.17, 15) is 4.79 Å². The molecule has 2 nitrogen and oxygen atoms in total. The van der Waals surface area contributed by atoms with Gasteiger partial charge in [-0.3, -0.25) is 4.79 Å². The molecule has 0 bridgehead atoms. The molecule has 1 aromatic carbocycles. The van der Waals surface area contributed by atoms with Gasteiger partial charge in [0.25, 0.3) is 0 Å². The lowest BCUT2D eigenvalue weighted by Gasteiger charge is -1.97. The number of ketones is 1. The van der Waals surface area contributed by atoms with Crippen LogP contribution < -0.4 is 0 Å². The molecule has 0 saturated heterocycles. The van der Waals surface area contributed by atoms with E-state index in [4.69, 9.17) is 0 Å². The maximum absolute atomic E-state index is 11.0. The first-order valence-electron chi connectivity index (χ1n) is 5.16. The van der Waals surface area contributed by atoms with Crippen LogP contribution in [0.5, 0.6) is 0 Å². The highest BCUT2D eigenvalue weighted by atomic mass is 32.1. The molecule has 0 N–H and O–H groups in total. The van der Waals surface area contributed by atoms with E-state index in [1.165, 1.54) is 5.56 Å². The maximum Gasteiger partial charge on any atom is 0.136 e. The molecule has 0 aliphatic carbocycles. The summed E-state index contributed by atoms with van der Waals surface area (Å²) in [6.45, 7) is 3.65. The minimum atomic E-state index is 0.158. The number of carbonyl (C=O) groups is 1. The summed E-state index contributed by atoms with van der Waals surface area (Å²) in [4.78, 5) is 15.4. The second kappa shape index (κ2) is 4.58. The molecule has 0 aliphatic rings. The lowest BCUT2D eigenvalue weighted by Crippen LogP contribution is -1.95. The molecule has 0 atom stereocenters. The number of aromatic nitrogens is 1. The normalized spacial score (nSPS) is 10.4. The predicted octanol–water partition coefficient (Wildman–Crippen LogP) is 3.25. The Balaban J connectivity index is 2.28. The molecule has 0 saturated carbocycles. The highest BCUT2D eigenvalue weighted by molar-refractivity contribution is 7.10. The van der Waals surface area contributed by atoms with Crippen LogP contribution in [-0.2, 0) is 11.2 Å². The summed E-state index contributed by atoms with van der Waals surface area (Å²) in [5.74, 6) is 0.158. The number of aryl methyl sites for hydroxylation is 1. The number of Topliss-reactive ketones (excluding diaryl/α,β-unsaturated/α-hetero) is 1. The fourth-order valence-electron chi connectivity index (χ4n) is 1.54. The molecule has 0 unspecified atom stereocenters. The van der Waals surface area contributed by atoms with Gasteiger partial charge in [0.2, 0.25) is 0 Å². The minimum Gasteiger partial charge on any atom is -0.300 e. The Bertz CT molecular complexity index is 516. The molecule has 1 aromatic heterocycles. The van der Waals surface area contributed by atoms with Gasteiger partial charge in [-0.05, 0) is 19.9 Å². The molecule has 16 heavy (non-hydrogen) atoms. The van der Waals surface area contributed by atoms with Crippen LogP contribution in [0, 0.1) is 6.92 Å². The van der Waals surface area contributed by atoms with E-state index in [0.717, 1.165) is 16.3 Å². The van der Waals surface area contributed by atoms with Gasteiger partial charge in [-0.1, -0.05) is 23.8 Å². The van der Waals surface area contributed by atoms with Gasteiger partial charge in [0, 0.05) is 10.9 Å². The van der Waals surface area contributed by atoms with Gasteiger partial charge in [0.05, 0.1) is 12.1 Å². The van der Waals surface area contributed by atoms with Crippen LogP contribution in [0.1, 0.15) is 17.5 Å². The first-order chi connectivity index (χ1) is 7.65. The van der Waals surface area contributed by atoms with E-state index in [1.54, 1.807) is 18.3 Å². The number of hydrogen-bond donors (Lipinski definition) is 0. The van der Waals surface area contributed by atoms with Crippen molar-refractivity contribution in [3.63, 3.8) is 0 Å². The molecule has 1 heterocycles. The third kappa shape index (κ3) is 2.55. The van der Waals surface area contributed by atoms with Crippen molar-refractivity contribution in [1.82, 2.24) is 4.98 Å². The van der Waals surface area contributed by atoms with E-state index in [1.807, 2.05) is 17.5 Å². The van der Waals surface area contributed by atoms with Crippen molar-refractivity contribution < 1.29 is 4.79 Å². The minimum absolute atomic E-state index is 0.158. The lowest BCUT2D eigenvalue weighted by atomic mass is 10.1. The molecule has 0 radical (unpaired) electrons. The molecule has 0 aliphatic heterocycles. The van der Waals surface area contributed by atoms with Gasteiger partial charge in [-0.2, -0.15) is 0 Å². The summed E-state index contributed by atoms with van der Waals surface area (Å²) >= 11 is 1.55. The van der Waals surface area contributed by atoms with Crippen molar-refractivity contribution in [1.29, 1.82) is 0 Å². The van der Waals surface area contributed by atoms with Crippen LogP contribution in [0.2, 0.25) is 0 Å². The monoisotopic (exact) mass is 231 g/mol. The molecule has 0 fully saturated rings. The summed E-state index contributed by atoms with van der Waals surface area (Å²) in [6, 6.07) is 8.23. The van der Waals surface area contributed by atoms with Gasteiger partial charge >= 0.3 is 0 Å². The van der Waals surface area contributed by atoms with E-state index in [2.05, 4.69) is 24.0 Å². The average Bonchev–Trinajstić information content (AvgIpc) is 2.65.